The number of aryl methyl sites for hydroxylation is 3. The summed E-state index contributed by atoms with van der Waals surface area (Å²) >= 11 is 6.46. The minimum Gasteiger partial charge on any atom is -0.466 e. The normalized spacial score (nSPS) is 20.5. The minimum absolute atomic E-state index is 0.00945. The molecule has 186 valence electrons. The van der Waals surface area contributed by atoms with Crippen LogP contribution >= 0.6 is 11.6 Å². The summed E-state index contributed by atoms with van der Waals surface area (Å²) in [5.41, 5.74) is 4.31. The Labute approximate surface area is 208 Å². The number of hydrogen-bond acceptors (Lipinski definition) is 5. The molecule has 6 rings (SSSR count). The lowest BCUT2D eigenvalue weighted by molar-refractivity contribution is -0.141. The van der Waals surface area contributed by atoms with Crippen molar-refractivity contribution < 1.29 is 23.5 Å². The van der Waals surface area contributed by atoms with Crippen molar-refractivity contribution in [2.75, 3.05) is 13.7 Å². The number of fused-ring (bicyclic) bond motifs is 1. The smallest absolute Gasteiger partial charge is 0.354 e. The van der Waals surface area contributed by atoms with Crippen molar-refractivity contribution in [3.63, 3.8) is 0 Å². The summed E-state index contributed by atoms with van der Waals surface area (Å²) in [6.07, 6.45) is 4.25. The quantitative estimate of drug-likeness (QED) is 0.246. The number of rotatable bonds is 8. The zero-order chi connectivity index (χ0) is 25.1. The molecule has 3 aromatic rings. The minimum atomic E-state index is -0.503. The Balaban J connectivity index is 1.70. The Morgan fingerprint density at radius 1 is 1.26 bits per heavy atom. The van der Waals surface area contributed by atoms with Gasteiger partial charge >= 0.3 is 11.9 Å². The van der Waals surface area contributed by atoms with Crippen LogP contribution in [0.1, 0.15) is 60.0 Å². The monoisotopic (exact) mass is 501 g/mol. The highest BCUT2D eigenvalue weighted by atomic mass is 35.5. The van der Waals surface area contributed by atoms with Gasteiger partial charge in [0.05, 0.1) is 42.0 Å². The molecule has 3 aliphatic carbocycles. The molecule has 0 aliphatic heterocycles. The molecule has 3 fully saturated rings. The van der Waals surface area contributed by atoms with Crippen LogP contribution < -0.4 is 0 Å². The van der Waals surface area contributed by atoms with Gasteiger partial charge in [0.2, 0.25) is 0 Å². The first kappa shape index (κ1) is 23.9. The Morgan fingerprint density at radius 3 is 2.54 bits per heavy atom. The Kier molecular flexibility index (Phi) is 5.90. The summed E-state index contributed by atoms with van der Waals surface area (Å²) < 4.78 is 29.5. The Hall–Kier alpha value is -2.87. The van der Waals surface area contributed by atoms with Gasteiger partial charge < -0.3 is 14.0 Å². The Morgan fingerprint density at radius 2 is 1.97 bits per heavy atom. The maximum Gasteiger partial charge on any atom is 0.354 e. The fourth-order valence-electron chi connectivity index (χ4n) is 6.02. The van der Waals surface area contributed by atoms with Crippen LogP contribution in [0.25, 0.3) is 22.0 Å². The molecule has 2 aromatic heterocycles. The number of esters is 2. The van der Waals surface area contributed by atoms with Crippen LogP contribution in [0.3, 0.4) is 0 Å². The number of hydrogen-bond donors (Lipinski definition) is 0. The van der Waals surface area contributed by atoms with E-state index >= 15 is 4.39 Å². The molecule has 0 radical (unpaired) electrons. The van der Waals surface area contributed by atoms with Crippen LogP contribution in [0, 0.1) is 18.7 Å². The molecule has 0 amide bonds. The summed E-state index contributed by atoms with van der Waals surface area (Å²) in [6, 6.07) is 3.13. The third kappa shape index (κ3) is 3.56. The fraction of sp³-hybridized carbons (Fsp3) is 0.500. The molecule has 0 N–H and O–H groups in total. The van der Waals surface area contributed by atoms with E-state index in [1.165, 1.54) is 20.1 Å². The summed E-state index contributed by atoms with van der Waals surface area (Å²) in [5, 5.41) is 5.60. The van der Waals surface area contributed by atoms with E-state index in [-0.39, 0.29) is 24.0 Å². The van der Waals surface area contributed by atoms with Crippen molar-refractivity contribution in [3.8, 4) is 11.1 Å². The lowest BCUT2D eigenvalue weighted by Crippen LogP contribution is -2.60. The first-order valence-corrected chi connectivity index (χ1v) is 12.4. The van der Waals surface area contributed by atoms with Gasteiger partial charge in [0.1, 0.15) is 11.5 Å². The molecule has 7 nitrogen and oxygen atoms in total. The van der Waals surface area contributed by atoms with Crippen LogP contribution in [0.4, 0.5) is 4.39 Å². The average Bonchev–Trinajstić information content (AvgIpc) is 3.22. The van der Waals surface area contributed by atoms with E-state index in [1.54, 1.807) is 17.7 Å². The standard InChI is InChI=1S/C26H29ClFN3O4/c1-14-21(20(13-27)31(29-14)26-10-16(11-26)12-26)22-19(28)8-7-18-17(6-5-9-35-15(2)32)24(25(33)34-4)30(3)23(18)22/h7-8,16H,5-6,9-13H2,1-4H3. The number of halogens is 2. The van der Waals surface area contributed by atoms with Crippen LogP contribution in [-0.4, -0.2) is 40.0 Å². The number of benzene rings is 1. The van der Waals surface area contributed by atoms with Gasteiger partial charge in [-0.3, -0.25) is 9.48 Å². The predicted octanol–water partition coefficient (Wildman–Crippen LogP) is 5.02. The number of alkyl halides is 1. The van der Waals surface area contributed by atoms with Gasteiger partial charge in [-0.25, -0.2) is 9.18 Å². The van der Waals surface area contributed by atoms with Crippen molar-refractivity contribution in [2.45, 2.75) is 57.4 Å². The molecule has 0 spiro atoms. The molecule has 2 heterocycles. The molecule has 0 saturated heterocycles. The molecule has 0 atom stereocenters. The summed E-state index contributed by atoms with van der Waals surface area (Å²) in [5.74, 6) is -0.285. The second-order valence-corrected chi connectivity index (χ2v) is 10.1. The maximum atomic E-state index is 15.6. The fourth-order valence-corrected chi connectivity index (χ4v) is 6.27. The predicted molar refractivity (Wildman–Crippen MR) is 130 cm³/mol. The second kappa shape index (κ2) is 8.66. The second-order valence-electron chi connectivity index (χ2n) is 9.80. The van der Waals surface area contributed by atoms with Crippen molar-refractivity contribution in [3.05, 3.63) is 40.6 Å². The average molecular weight is 502 g/mol. The van der Waals surface area contributed by atoms with Crippen molar-refractivity contribution in [2.24, 2.45) is 13.0 Å². The SMILES string of the molecule is COC(=O)c1c(CCCOC(C)=O)c2ccc(F)c(-c3c(C)nn(C45CC(C4)C5)c3CCl)c2n1C. The van der Waals surface area contributed by atoms with Gasteiger partial charge in [-0.1, -0.05) is 0 Å². The lowest BCUT2D eigenvalue weighted by atomic mass is 9.50. The van der Waals surface area contributed by atoms with Crippen LogP contribution in [0.5, 0.6) is 0 Å². The largest absolute Gasteiger partial charge is 0.466 e. The van der Waals surface area contributed by atoms with E-state index in [0.717, 1.165) is 41.8 Å². The van der Waals surface area contributed by atoms with Gasteiger partial charge in [-0.15, -0.1) is 11.6 Å². The summed E-state index contributed by atoms with van der Waals surface area (Å²) in [6.45, 7) is 3.47. The maximum absolute atomic E-state index is 15.6. The van der Waals surface area contributed by atoms with Gasteiger partial charge in [0, 0.05) is 30.5 Å². The Bertz CT molecular complexity index is 1340. The van der Waals surface area contributed by atoms with Gasteiger partial charge in [0.25, 0.3) is 0 Å². The molecule has 2 bridgehead atoms. The first-order chi connectivity index (χ1) is 16.7. The topological polar surface area (TPSA) is 75.4 Å². The molecule has 35 heavy (non-hydrogen) atoms. The van der Waals surface area contributed by atoms with E-state index in [4.69, 9.17) is 26.2 Å². The van der Waals surface area contributed by atoms with E-state index in [1.807, 2.05) is 11.6 Å². The third-order valence-corrected chi connectivity index (χ3v) is 7.91. The highest BCUT2D eigenvalue weighted by Crippen LogP contribution is 2.63. The van der Waals surface area contributed by atoms with Crippen molar-refractivity contribution in [1.82, 2.24) is 14.3 Å². The number of aromatic nitrogens is 3. The van der Waals surface area contributed by atoms with E-state index in [0.29, 0.717) is 40.9 Å². The highest BCUT2D eigenvalue weighted by molar-refractivity contribution is 6.17. The number of carbonyl (C=O) groups is 2. The van der Waals surface area contributed by atoms with Crippen molar-refractivity contribution in [1.29, 1.82) is 0 Å². The number of nitrogens with zero attached hydrogens (tertiary/aromatic N) is 3. The van der Waals surface area contributed by atoms with Gasteiger partial charge in [-0.05, 0) is 62.6 Å². The van der Waals surface area contributed by atoms with Crippen molar-refractivity contribution >= 4 is 34.4 Å². The number of carbonyl (C=O) groups excluding carboxylic acids is 2. The summed E-state index contributed by atoms with van der Waals surface area (Å²) in [7, 11) is 3.07. The van der Waals surface area contributed by atoms with E-state index in [2.05, 4.69) is 0 Å². The molecular weight excluding hydrogens is 473 g/mol. The van der Waals surface area contributed by atoms with Crippen LogP contribution in [-0.2, 0) is 39.2 Å². The molecule has 3 aliphatic rings. The van der Waals surface area contributed by atoms with Gasteiger partial charge in [0.15, 0.2) is 0 Å². The lowest BCUT2D eigenvalue weighted by Gasteiger charge is -2.61. The summed E-state index contributed by atoms with van der Waals surface area (Å²) in [4.78, 5) is 24.0. The van der Waals surface area contributed by atoms with Gasteiger partial charge in [-0.2, -0.15) is 5.10 Å². The third-order valence-electron chi connectivity index (χ3n) is 7.65. The molecule has 0 unspecified atom stereocenters. The highest BCUT2D eigenvalue weighted by Gasteiger charge is 2.59. The number of methoxy groups -OCH3 is 1. The molecule has 9 heteroatoms. The zero-order valence-corrected chi connectivity index (χ0v) is 21.2. The number of ether oxygens (including phenoxy) is 2. The zero-order valence-electron chi connectivity index (χ0n) is 20.4. The van der Waals surface area contributed by atoms with Crippen LogP contribution in [0.2, 0.25) is 0 Å². The van der Waals surface area contributed by atoms with Crippen LogP contribution in [0.15, 0.2) is 12.1 Å². The molecule has 1 aromatic carbocycles. The first-order valence-electron chi connectivity index (χ1n) is 11.9. The molecule has 3 saturated carbocycles. The van der Waals surface area contributed by atoms with E-state index in [9.17, 15) is 9.59 Å². The molecular formula is C26H29ClFN3O4. The van der Waals surface area contributed by atoms with E-state index < -0.39 is 11.8 Å².